The lowest BCUT2D eigenvalue weighted by Crippen LogP contribution is -2.59. The molecule has 4 heterocycles. The third-order valence-corrected chi connectivity index (χ3v) is 8.21. The molecule has 0 spiro atoms. The fourth-order valence-electron chi connectivity index (χ4n) is 3.76. The summed E-state index contributed by atoms with van der Waals surface area (Å²) in [6, 6.07) is 0. The van der Waals surface area contributed by atoms with E-state index in [1.54, 1.807) is 0 Å². The molecule has 7 unspecified atom stereocenters. The lowest BCUT2D eigenvalue weighted by molar-refractivity contribution is -0.305. The van der Waals surface area contributed by atoms with Crippen molar-refractivity contribution in [1.29, 1.82) is 0 Å². The van der Waals surface area contributed by atoms with E-state index in [0.717, 1.165) is 6.33 Å². The first kappa shape index (κ1) is 29.3. The maximum atomic E-state index is 12.1. The third-order valence-electron chi connectivity index (χ3n) is 5.68. The van der Waals surface area contributed by atoms with Gasteiger partial charge in [0.15, 0.2) is 24.0 Å². The van der Waals surface area contributed by atoms with Crippen molar-refractivity contribution in [3.8, 4) is 0 Å². The Bertz CT molecular complexity index is 1230. The van der Waals surface area contributed by atoms with E-state index in [9.17, 15) is 44.4 Å². The van der Waals surface area contributed by atoms with Crippen molar-refractivity contribution in [2.24, 2.45) is 0 Å². The Morgan fingerprint density at radius 3 is 2.32 bits per heavy atom. The van der Waals surface area contributed by atoms with Gasteiger partial charge < -0.3 is 60.2 Å². The molecular formula is C16H23N5O15P2-2. The number of nitrogens with zero attached hydrogens (tertiary/aromatic N) is 4. The van der Waals surface area contributed by atoms with Gasteiger partial charge in [-0.05, 0) is 0 Å². The predicted molar refractivity (Wildman–Crippen MR) is 113 cm³/mol. The van der Waals surface area contributed by atoms with Gasteiger partial charge >= 0.3 is 0 Å². The first-order chi connectivity index (χ1) is 17.7. The number of phosphoric ester groups is 2. The quantitative estimate of drug-likeness (QED) is 0.135. The average Bonchev–Trinajstić information content (AvgIpc) is 3.39. The molecule has 8 N–H and O–H groups in total. The Hall–Kier alpha value is -1.71. The molecule has 11 atom stereocenters. The van der Waals surface area contributed by atoms with Gasteiger partial charge in [-0.25, -0.2) is 19.3 Å². The zero-order valence-electron chi connectivity index (χ0n) is 18.9. The number of aliphatic hydroxyl groups excluding tert-OH is 6. The number of anilines is 1. The highest BCUT2D eigenvalue weighted by molar-refractivity contribution is 7.59. The van der Waals surface area contributed by atoms with Gasteiger partial charge in [0.25, 0.3) is 15.6 Å². The van der Waals surface area contributed by atoms with Crippen molar-refractivity contribution in [1.82, 2.24) is 19.5 Å². The summed E-state index contributed by atoms with van der Waals surface area (Å²) in [6.07, 6.45) is -13.7. The molecule has 22 heteroatoms. The van der Waals surface area contributed by atoms with Gasteiger partial charge in [0.05, 0.1) is 19.5 Å². The Kier molecular flexibility index (Phi) is 8.51. The highest BCUT2D eigenvalue weighted by Crippen LogP contribution is 2.57. The molecule has 2 aliphatic rings. The minimum atomic E-state index is -5.88. The van der Waals surface area contributed by atoms with E-state index in [2.05, 4.69) is 28.3 Å². The number of aromatic nitrogens is 4. The molecule has 2 saturated heterocycles. The Labute approximate surface area is 212 Å². The highest BCUT2D eigenvalue weighted by atomic mass is 31.3. The number of fused-ring (bicyclic) bond motifs is 1. The van der Waals surface area contributed by atoms with Gasteiger partial charge in [0, 0.05) is 0 Å². The second-order valence-corrected chi connectivity index (χ2v) is 11.1. The normalized spacial score (nSPS) is 37.2. The van der Waals surface area contributed by atoms with Gasteiger partial charge in [0.1, 0.15) is 54.6 Å². The van der Waals surface area contributed by atoms with Gasteiger partial charge in [0.2, 0.25) is 0 Å². The standard InChI is InChI=1S/C16H25N5O15P2/c17-13-7-14(19-3-18-13)21(4-20-7)15-11(26)9(24)6(33-15)2-32-37(28,29)36-38(30,31)35-16-12(27)10(25)8(23)5(1-22)34-16/h3-6,8-12,15-16,22-27H,1-2H2,(H,28,29)(H,30,31)(H2,17,18,19)/p-2/t5?,6-,8-,9?,10?,11?,12?,15-,16-/m1/s1. The first-order valence-corrected chi connectivity index (χ1v) is 13.6. The Morgan fingerprint density at radius 2 is 1.63 bits per heavy atom. The molecule has 2 aromatic rings. The van der Waals surface area contributed by atoms with Crippen LogP contribution in [-0.4, -0.2) is 112 Å². The minimum Gasteiger partial charge on any atom is -0.756 e. The number of rotatable bonds is 9. The van der Waals surface area contributed by atoms with Crippen LogP contribution in [0.5, 0.6) is 0 Å². The molecule has 2 fully saturated rings. The number of nitrogens with two attached hydrogens (primary N) is 1. The monoisotopic (exact) mass is 587 g/mol. The fourth-order valence-corrected chi connectivity index (χ4v) is 5.85. The van der Waals surface area contributed by atoms with E-state index in [1.807, 2.05) is 0 Å². The maximum absolute atomic E-state index is 12.1. The van der Waals surface area contributed by atoms with Gasteiger partial charge in [-0.2, -0.15) is 0 Å². The van der Waals surface area contributed by atoms with E-state index in [4.69, 9.17) is 20.3 Å². The molecule has 38 heavy (non-hydrogen) atoms. The summed E-state index contributed by atoms with van der Waals surface area (Å²) in [4.78, 5) is 35.9. The van der Waals surface area contributed by atoms with Crippen LogP contribution in [0.1, 0.15) is 6.23 Å². The molecule has 214 valence electrons. The number of aliphatic hydroxyl groups is 6. The van der Waals surface area contributed by atoms with Crippen LogP contribution in [0, 0.1) is 0 Å². The number of ether oxygens (including phenoxy) is 2. The summed E-state index contributed by atoms with van der Waals surface area (Å²) in [5.74, 6) is 0.0269. The summed E-state index contributed by atoms with van der Waals surface area (Å²) in [5.41, 5.74) is 6.00. The SMILES string of the molecule is Nc1ncnc2c1ncn2[C@@H]1O[C@H](COP(=O)([O-])OP(=O)([O-])O[C@H]2OC(CO)[C@@H](O)C(O)C2O)C(O)C1O. The van der Waals surface area contributed by atoms with Crippen molar-refractivity contribution in [3.05, 3.63) is 12.7 Å². The highest BCUT2D eigenvalue weighted by Gasteiger charge is 2.47. The van der Waals surface area contributed by atoms with Crippen LogP contribution >= 0.6 is 15.6 Å². The minimum absolute atomic E-state index is 0.0269. The Morgan fingerprint density at radius 1 is 0.947 bits per heavy atom. The molecule has 0 aromatic carbocycles. The number of hydrogen-bond acceptors (Lipinski definition) is 19. The van der Waals surface area contributed by atoms with Crippen LogP contribution in [0.4, 0.5) is 5.82 Å². The van der Waals surface area contributed by atoms with Crippen LogP contribution in [0.25, 0.3) is 11.2 Å². The van der Waals surface area contributed by atoms with E-state index in [1.165, 1.54) is 10.9 Å². The molecule has 20 nitrogen and oxygen atoms in total. The lowest BCUT2D eigenvalue weighted by atomic mass is 10.00. The lowest BCUT2D eigenvalue weighted by Gasteiger charge is -2.41. The van der Waals surface area contributed by atoms with Gasteiger partial charge in [-0.1, -0.05) is 0 Å². The second-order valence-electron chi connectivity index (χ2n) is 8.20. The average molecular weight is 587 g/mol. The zero-order chi connectivity index (χ0) is 28.0. The first-order valence-electron chi connectivity index (χ1n) is 10.7. The summed E-state index contributed by atoms with van der Waals surface area (Å²) < 4.78 is 48.4. The van der Waals surface area contributed by atoms with Gasteiger partial charge in [-0.15, -0.1) is 0 Å². The van der Waals surface area contributed by atoms with E-state index < -0.39 is 84.1 Å². The molecule has 0 aliphatic carbocycles. The number of hydrogen-bond donors (Lipinski definition) is 7. The Balaban J connectivity index is 1.38. The molecule has 0 saturated carbocycles. The maximum Gasteiger partial charge on any atom is 0.276 e. The summed E-state index contributed by atoms with van der Waals surface area (Å²) >= 11 is 0. The number of nitrogen functional groups attached to an aromatic ring is 1. The summed E-state index contributed by atoms with van der Waals surface area (Å²) in [6.45, 7) is -1.94. The second kappa shape index (κ2) is 11.0. The smallest absolute Gasteiger partial charge is 0.276 e. The molecule has 0 bridgehead atoms. The molecule has 0 radical (unpaired) electrons. The summed E-state index contributed by atoms with van der Waals surface area (Å²) in [5, 5.41) is 59.1. The van der Waals surface area contributed by atoms with E-state index in [-0.39, 0.29) is 17.0 Å². The predicted octanol–water partition coefficient (Wildman–Crippen LogP) is -5.19. The van der Waals surface area contributed by atoms with Gasteiger partial charge in [-0.3, -0.25) is 18.2 Å². The van der Waals surface area contributed by atoms with Crippen LogP contribution in [0.15, 0.2) is 12.7 Å². The largest absolute Gasteiger partial charge is 0.756 e. The molecule has 0 amide bonds. The molecule has 2 aliphatic heterocycles. The molecule has 4 rings (SSSR count). The van der Waals surface area contributed by atoms with Crippen molar-refractivity contribution >= 4 is 32.6 Å². The number of imidazole rings is 1. The summed E-state index contributed by atoms with van der Waals surface area (Å²) in [7, 11) is -11.6. The van der Waals surface area contributed by atoms with Crippen LogP contribution in [0.2, 0.25) is 0 Å². The van der Waals surface area contributed by atoms with Crippen molar-refractivity contribution in [2.75, 3.05) is 18.9 Å². The number of phosphoric acid groups is 2. The van der Waals surface area contributed by atoms with Crippen molar-refractivity contribution < 1.29 is 72.4 Å². The van der Waals surface area contributed by atoms with Crippen LogP contribution in [-0.2, 0) is 32.0 Å². The van der Waals surface area contributed by atoms with Crippen molar-refractivity contribution in [3.63, 3.8) is 0 Å². The van der Waals surface area contributed by atoms with Crippen molar-refractivity contribution in [2.45, 2.75) is 55.2 Å². The topological polar surface area (TPSA) is 317 Å². The molecular weight excluding hydrogens is 564 g/mol. The van der Waals surface area contributed by atoms with Crippen LogP contribution in [0.3, 0.4) is 0 Å². The molecule has 2 aromatic heterocycles. The zero-order valence-corrected chi connectivity index (χ0v) is 20.7. The fraction of sp³-hybridized carbons (Fsp3) is 0.688. The third kappa shape index (κ3) is 5.89. The van der Waals surface area contributed by atoms with E-state index in [0.29, 0.717) is 0 Å². The van der Waals surface area contributed by atoms with Crippen LogP contribution < -0.4 is 15.5 Å². The van der Waals surface area contributed by atoms with E-state index >= 15 is 0 Å².